The van der Waals surface area contributed by atoms with Crippen molar-refractivity contribution in [2.24, 2.45) is 0 Å². The Balaban J connectivity index is 3.13. The van der Waals surface area contributed by atoms with Crippen molar-refractivity contribution in [1.82, 2.24) is 5.32 Å². The Hall–Kier alpha value is -1.64. The van der Waals surface area contributed by atoms with Crippen LogP contribution in [0, 0.1) is 0 Å². The van der Waals surface area contributed by atoms with E-state index in [1.807, 2.05) is 30.3 Å². The second kappa shape index (κ2) is 4.26. The van der Waals surface area contributed by atoms with Gasteiger partial charge in [0.25, 0.3) is 0 Å². The highest BCUT2D eigenvalue weighted by Gasteiger charge is 2.32. The first-order valence-electron chi connectivity index (χ1n) is 4.82. The molecule has 0 aromatic heterocycles. The number of Topliss-reactive ketones (excluding diaryl/α,β-unsaturated/α-hetero) is 1. The van der Waals surface area contributed by atoms with Crippen LogP contribution in [0.25, 0.3) is 0 Å². The maximum absolute atomic E-state index is 11.6. The van der Waals surface area contributed by atoms with Crippen LogP contribution in [0.15, 0.2) is 30.3 Å². The van der Waals surface area contributed by atoms with E-state index in [1.165, 1.54) is 13.8 Å². The van der Waals surface area contributed by atoms with Gasteiger partial charge in [-0.05, 0) is 19.4 Å². The van der Waals surface area contributed by atoms with E-state index in [1.54, 1.807) is 6.92 Å². The van der Waals surface area contributed by atoms with Crippen molar-refractivity contribution in [3.8, 4) is 0 Å². The van der Waals surface area contributed by atoms with E-state index in [9.17, 15) is 9.59 Å². The monoisotopic (exact) mass is 205 g/mol. The smallest absolute Gasteiger partial charge is 0.217 e. The Morgan fingerprint density at radius 3 is 2.07 bits per heavy atom. The molecule has 0 spiro atoms. The van der Waals surface area contributed by atoms with Gasteiger partial charge in [-0.25, -0.2) is 0 Å². The number of nitrogens with one attached hydrogen (secondary N) is 1. The van der Waals surface area contributed by atoms with Crippen molar-refractivity contribution in [3.63, 3.8) is 0 Å². The average Bonchev–Trinajstić information content (AvgIpc) is 2.17. The van der Waals surface area contributed by atoms with Gasteiger partial charge in [-0.1, -0.05) is 30.3 Å². The number of hydrogen-bond donors (Lipinski definition) is 1. The number of carbonyl (C=O) groups is 2. The lowest BCUT2D eigenvalue weighted by Crippen LogP contribution is -2.47. The molecule has 0 aliphatic rings. The molecular formula is C12H15NO2. The van der Waals surface area contributed by atoms with Crippen LogP contribution in [0.4, 0.5) is 0 Å². The van der Waals surface area contributed by atoms with Gasteiger partial charge in [0.15, 0.2) is 5.78 Å². The van der Waals surface area contributed by atoms with Gasteiger partial charge in [0, 0.05) is 6.92 Å². The highest BCUT2D eigenvalue weighted by Crippen LogP contribution is 2.21. The number of carbonyl (C=O) groups excluding carboxylic acids is 2. The molecule has 1 aromatic carbocycles. The molecule has 1 aromatic rings. The lowest BCUT2D eigenvalue weighted by atomic mass is 9.88. The van der Waals surface area contributed by atoms with Crippen LogP contribution in [0.5, 0.6) is 0 Å². The molecule has 0 heterocycles. The summed E-state index contributed by atoms with van der Waals surface area (Å²) in [5.41, 5.74) is -0.125. The van der Waals surface area contributed by atoms with E-state index in [-0.39, 0.29) is 11.7 Å². The summed E-state index contributed by atoms with van der Waals surface area (Å²) in [5, 5.41) is 2.68. The van der Waals surface area contributed by atoms with Crippen LogP contribution in [-0.2, 0) is 15.1 Å². The zero-order chi connectivity index (χ0) is 11.5. The van der Waals surface area contributed by atoms with Crippen molar-refractivity contribution in [2.75, 3.05) is 0 Å². The molecule has 1 atom stereocenters. The molecule has 1 N–H and O–H groups in total. The average molecular weight is 205 g/mol. The Morgan fingerprint density at radius 1 is 1.13 bits per heavy atom. The minimum atomic E-state index is -0.924. The molecule has 0 bridgehead atoms. The van der Waals surface area contributed by atoms with E-state index in [0.717, 1.165) is 5.56 Å². The number of benzene rings is 1. The summed E-state index contributed by atoms with van der Waals surface area (Å²) < 4.78 is 0. The fraction of sp³-hybridized carbons (Fsp3) is 0.333. The number of rotatable bonds is 3. The molecule has 15 heavy (non-hydrogen) atoms. The second-order valence-electron chi connectivity index (χ2n) is 3.73. The van der Waals surface area contributed by atoms with Crippen LogP contribution in [0.3, 0.4) is 0 Å². The number of hydrogen-bond acceptors (Lipinski definition) is 2. The summed E-state index contributed by atoms with van der Waals surface area (Å²) >= 11 is 0. The summed E-state index contributed by atoms with van der Waals surface area (Å²) in [4.78, 5) is 22.7. The summed E-state index contributed by atoms with van der Waals surface area (Å²) in [6.07, 6.45) is 0. The third kappa shape index (κ3) is 2.43. The topological polar surface area (TPSA) is 46.2 Å². The van der Waals surface area contributed by atoms with Crippen molar-refractivity contribution in [1.29, 1.82) is 0 Å². The molecule has 0 aliphatic heterocycles. The van der Waals surface area contributed by atoms with Crippen molar-refractivity contribution in [2.45, 2.75) is 26.3 Å². The molecular weight excluding hydrogens is 190 g/mol. The van der Waals surface area contributed by atoms with Gasteiger partial charge in [0.05, 0.1) is 0 Å². The Morgan fingerprint density at radius 2 is 1.67 bits per heavy atom. The van der Waals surface area contributed by atoms with Crippen molar-refractivity contribution in [3.05, 3.63) is 35.9 Å². The molecule has 0 saturated carbocycles. The largest absolute Gasteiger partial charge is 0.340 e. The van der Waals surface area contributed by atoms with Crippen LogP contribution in [0.2, 0.25) is 0 Å². The minimum Gasteiger partial charge on any atom is -0.340 e. The molecule has 0 fully saturated rings. The summed E-state index contributed by atoms with van der Waals surface area (Å²) in [6, 6.07) is 9.23. The summed E-state index contributed by atoms with van der Waals surface area (Å²) in [5.74, 6) is -0.291. The summed E-state index contributed by atoms with van der Waals surface area (Å²) in [7, 11) is 0. The van der Waals surface area contributed by atoms with Crippen LogP contribution in [-0.4, -0.2) is 11.7 Å². The second-order valence-corrected chi connectivity index (χ2v) is 3.73. The molecule has 80 valence electrons. The quantitative estimate of drug-likeness (QED) is 0.815. The number of ketones is 1. The highest BCUT2D eigenvalue weighted by atomic mass is 16.2. The van der Waals surface area contributed by atoms with Crippen molar-refractivity contribution < 1.29 is 9.59 Å². The van der Waals surface area contributed by atoms with Gasteiger partial charge >= 0.3 is 0 Å². The van der Waals surface area contributed by atoms with Crippen LogP contribution in [0.1, 0.15) is 26.3 Å². The lowest BCUT2D eigenvalue weighted by molar-refractivity contribution is -0.129. The maximum atomic E-state index is 11.6. The van der Waals surface area contributed by atoms with Crippen LogP contribution < -0.4 is 5.32 Å². The Labute approximate surface area is 89.5 Å². The van der Waals surface area contributed by atoms with E-state index in [2.05, 4.69) is 5.32 Å². The van der Waals surface area contributed by atoms with Gasteiger partial charge in [0.2, 0.25) is 5.91 Å². The van der Waals surface area contributed by atoms with Gasteiger partial charge < -0.3 is 5.32 Å². The molecule has 1 rings (SSSR count). The fourth-order valence-electron chi connectivity index (χ4n) is 1.49. The standard InChI is InChI=1S/C12H15NO2/c1-9(14)12(3,13-10(2)15)11-7-5-4-6-8-11/h4-8H,1-3H3,(H,13,15)/t12-/m0/s1. The maximum Gasteiger partial charge on any atom is 0.217 e. The molecule has 0 unspecified atom stereocenters. The van der Waals surface area contributed by atoms with Crippen molar-refractivity contribution >= 4 is 11.7 Å². The summed E-state index contributed by atoms with van der Waals surface area (Å²) in [6.45, 7) is 4.60. The van der Waals surface area contributed by atoms with Crippen LogP contribution >= 0.6 is 0 Å². The third-order valence-corrected chi connectivity index (χ3v) is 2.48. The van der Waals surface area contributed by atoms with E-state index >= 15 is 0 Å². The minimum absolute atomic E-state index is 0.0797. The zero-order valence-corrected chi connectivity index (χ0v) is 9.20. The molecule has 1 amide bonds. The molecule has 0 radical (unpaired) electrons. The van der Waals surface area contributed by atoms with E-state index < -0.39 is 5.54 Å². The predicted molar refractivity (Wildman–Crippen MR) is 58.3 cm³/mol. The SMILES string of the molecule is CC(=O)N[C@@](C)(C(C)=O)c1ccccc1. The molecule has 0 saturated heterocycles. The molecule has 0 aliphatic carbocycles. The van der Waals surface area contributed by atoms with Gasteiger partial charge in [-0.2, -0.15) is 0 Å². The molecule has 3 heteroatoms. The molecule has 3 nitrogen and oxygen atoms in total. The predicted octanol–water partition coefficient (Wildman–Crippen LogP) is 1.63. The third-order valence-electron chi connectivity index (χ3n) is 2.48. The highest BCUT2D eigenvalue weighted by molar-refractivity contribution is 5.91. The first kappa shape index (κ1) is 11.4. The fourth-order valence-corrected chi connectivity index (χ4v) is 1.49. The normalized spacial score (nSPS) is 14.1. The lowest BCUT2D eigenvalue weighted by Gasteiger charge is -2.28. The Kier molecular flexibility index (Phi) is 3.24. The first-order chi connectivity index (χ1) is 6.97. The first-order valence-corrected chi connectivity index (χ1v) is 4.82. The van der Waals surface area contributed by atoms with Gasteiger partial charge in [-0.15, -0.1) is 0 Å². The van der Waals surface area contributed by atoms with Gasteiger partial charge in [-0.3, -0.25) is 9.59 Å². The zero-order valence-electron chi connectivity index (χ0n) is 9.20. The van der Waals surface area contributed by atoms with E-state index in [4.69, 9.17) is 0 Å². The Bertz CT molecular complexity index is 372. The van der Waals surface area contributed by atoms with E-state index in [0.29, 0.717) is 0 Å². The van der Waals surface area contributed by atoms with Gasteiger partial charge in [0.1, 0.15) is 5.54 Å². The number of amides is 1.